The molecule has 6 nitrogen and oxygen atoms in total. The van der Waals surface area contributed by atoms with Crippen molar-refractivity contribution in [1.29, 1.82) is 0 Å². The Morgan fingerprint density at radius 2 is 1.88 bits per heavy atom. The number of aromatic nitrogens is 4. The predicted molar refractivity (Wildman–Crippen MR) is 95.6 cm³/mol. The molecule has 1 aliphatic heterocycles. The maximum absolute atomic E-state index is 6.28. The second-order valence-corrected chi connectivity index (χ2v) is 6.64. The van der Waals surface area contributed by atoms with Crippen molar-refractivity contribution in [3.8, 4) is 0 Å². The Hall–Kier alpha value is -1.89. The summed E-state index contributed by atoms with van der Waals surface area (Å²) in [7, 11) is 0. The van der Waals surface area contributed by atoms with E-state index in [0.29, 0.717) is 10.7 Å². The number of halogens is 2. The van der Waals surface area contributed by atoms with Crippen LogP contribution in [-0.4, -0.2) is 51.0 Å². The van der Waals surface area contributed by atoms with Crippen molar-refractivity contribution in [3.05, 3.63) is 46.5 Å². The van der Waals surface area contributed by atoms with Gasteiger partial charge in [0.2, 0.25) is 0 Å². The molecule has 1 aromatic carbocycles. The first-order valence-corrected chi connectivity index (χ1v) is 8.51. The van der Waals surface area contributed by atoms with Crippen LogP contribution in [0.3, 0.4) is 0 Å². The molecule has 0 saturated carbocycles. The van der Waals surface area contributed by atoms with Crippen LogP contribution in [-0.2, 0) is 6.54 Å². The standard InChI is InChI=1S/C16H16Cl2N6/c17-12-2-1-11(13(18)7-12)8-23-3-5-24(6-4-23)16-14-15(20-9-19-14)21-10-22-16/h1-2,7,9-10H,3-6,8H2,(H,19,20,21,22). The molecular weight excluding hydrogens is 347 g/mol. The molecule has 2 aromatic heterocycles. The van der Waals surface area contributed by atoms with E-state index in [1.54, 1.807) is 18.7 Å². The van der Waals surface area contributed by atoms with E-state index < -0.39 is 0 Å². The lowest BCUT2D eigenvalue weighted by molar-refractivity contribution is 0.249. The molecule has 0 spiro atoms. The molecule has 4 rings (SSSR count). The third-order valence-corrected chi connectivity index (χ3v) is 4.87. The van der Waals surface area contributed by atoms with Gasteiger partial charge in [-0.3, -0.25) is 4.90 Å². The summed E-state index contributed by atoms with van der Waals surface area (Å²) in [6.07, 6.45) is 3.22. The molecule has 0 radical (unpaired) electrons. The number of benzene rings is 1. The van der Waals surface area contributed by atoms with Gasteiger partial charge in [-0.1, -0.05) is 29.3 Å². The molecule has 3 aromatic rings. The lowest BCUT2D eigenvalue weighted by Crippen LogP contribution is -2.46. The number of rotatable bonds is 3. The van der Waals surface area contributed by atoms with E-state index in [1.807, 2.05) is 12.1 Å². The highest BCUT2D eigenvalue weighted by atomic mass is 35.5. The van der Waals surface area contributed by atoms with E-state index >= 15 is 0 Å². The second-order valence-electron chi connectivity index (χ2n) is 5.80. The van der Waals surface area contributed by atoms with Gasteiger partial charge in [-0.15, -0.1) is 0 Å². The van der Waals surface area contributed by atoms with E-state index in [0.717, 1.165) is 54.6 Å². The van der Waals surface area contributed by atoms with Gasteiger partial charge in [0.25, 0.3) is 0 Å². The first kappa shape index (κ1) is 15.6. The van der Waals surface area contributed by atoms with Crippen LogP contribution in [0.4, 0.5) is 5.82 Å². The second kappa shape index (κ2) is 6.55. The van der Waals surface area contributed by atoms with Gasteiger partial charge in [0, 0.05) is 42.8 Å². The number of imidazole rings is 1. The highest BCUT2D eigenvalue weighted by Gasteiger charge is 2.21. The fraction of sp³-hybridized carbons (Fsp3) is 0.312. The van der Waals surface area contributed by atoms with Crippen molar-refractivity contribution in [2.45, 2.75) is 6.54 Å². The predicted octanol–water partition coefficient (Wildman–Crippen LogP) is 2.98. The number of nitrogens with one attached hydrogen (secondary N) is 1. The fourth-order valence-electron chi connectivity index (χ4n) is 3.00. The summed E-state index contributed by atoms with van der Waals surface area (Å²) in [4.78, 5) is 20.6. The Balaban J connectivity index is 1.44. The van der Waals surface area contributed by atoms with Crippen molar-refractivity contribution in [2.75, 3.05) is 31.1 Å². The maximum Gasteiger partial charge on any atom is 0.182 e. The van der Waals surface area contributed by atoms with E-state index in [4.69, 9.17) is 23.2 Å². The summed E-state index contributed by atoms with van der Waals surface area (Å²) in [6.45, 7) is 4.51. The first-order valence-electron chi connectivity index (χ1n) is 7.76. The van der Waals surface area contributed by atoms with Gasteiger partial charge in [0.1, 0.15) is 11.8 Å². The quantitative estimate of drug-likeness (QED) is 0.775. The van der Waals surface area contributed by atoms with Crippen LogP contribution >= 0.6 is 23.2 Å². The first-order chi connectivity index (χ1) is 11.7. The number of piperazine rings is 1. The van der Waals surface area contributed by atoms with Crippen molar-refractivity contribution in [3.63, 3.8) is 0 Å². The summed E-state index contributed by atoms with van der Waals surface area (Å²) in [5, 5.41) is 1.39. The number of hydrogen-bond donors (Lipinski definition) is 1. The number of hydrogen-bond acceptors (Lipinski definition) is 5. The Labute approximate surface area is 149 Å². The van der Waals surface area contributed by atoms with Crippen LogP contribution in [0.5, 0.6) is 0 Å². The lowest BCUT2D eigenvalue weighted by Gasteiger charge is -2.35. The minimum Gasteiger partial charge on any atom is -0.352 e. The molecule has 0 aliphatic carbocycles. The Morgan fingerprint density at radius 1 is 1.04 bits per heavy atom. The van der Waals surface area contributed by atoms with E-state index in [9.17, 15) is 0 Å². The average Bonchev–Trinajstić information content (AvgIpc) is 3.07. The molecule has 0 bridgehead atoms. The molecular formula is C16H16Cl2N6. The topological polar surface area (TPSA) is 60.9 Å². The zero-order valence-electron chi connectivity index (χ0n) is 12.9. The number of nitrogens with zero attached hydrogens (tertiary/aromatic N) is 5. The van der Waals surface area contributed by atoms with Crippen molar-refractivity contribution >= 4 is 40.2 Å². The maximum atomic E-state index is 6.28. The number of H-pyrrole nitrogens is 1. The summed E-state index contributed by atoms with van der Waals surface area (Å²) >= 11 is 12.2. The third kappa shape index (κ3) is 3.05. The van der Waals surface area contributed by atoms with Gasteiger partial charge < -0.3 is 9.88 Å². The minimum atomic E-state index is 0.668. The molecule has 3 heterocycles. The summed E-state index contributed by atoms with van der Waals surface area (Å²) < 4.78 is 0. The minimum absolute atomic E-state index is 0.668. The smallest absolute Gasteiger partial charge is 0.182 e. The number of fused-ring (bicyclic) bond motifs is 1. The lowest BCUT2D eigenvalue weighted by atomic mass is 10.2. The van der Waals surface area contributed by atoms with Gasteiger partial charge in [-0.25, -0.2) is 15.0 Å². The molecule has 8 heteroatoms. The van der Waals surface area contributed by atoms with Crippen molar-refractivity contribution in [2.24, 2.45) is 0 Å². The van der Waals surface area contributed by atoms with Crippen LogP contribution in [0.25, 0.3) is 11.2 Å². The van der Waals surface area contributed by atoms with E-state index in [1.165, 1.54) is 0 Å². The van der Waals surface area contributed by atoms with Crippen molar-refractivity contribution in [1.82, 2.24) is 24.8 Å². The molecule has 1 saturated heterocycles. The van der Waals surface area contributed by atoms with Gasteiger partial charge in [-0.2, -0.15) is 0 Å². The Morgan fingerprint density at radius 3 is 2.67 bits per heavy atom. The SMILES string of the molecule is Clc1ccc(CN2CCN(c3ncnc4nc[nH]c34)CC2)c(Cl)c1. The molecule has 124 valence electrons. The number of anilines is 1. The van der Waals surface area contributed by atoms with Crippen molar-refractivity contribution < 1.29 is 0 Å². The van der Waals surface area contributed by atoms with Crippen LogP contribution < -0.4 is 4.90 Å². The zero-order valence-corrected chi connectivity index (χ0v) is 14.4. The van der Waals surface area contributed by atoms with E-state index in [-0.39, 0.29) is 0 Å². The van der Waals surface area contributed by atoms with Crippen LogP contribution in [0.2, 0.25) is 10.0 Å². The largest absolute Gasteiger partial charge is 0.352 e. The summed E-state index contributed by atoms with van der Waals surface area (Å²) in [5.74, 6) is 0.918. The monoisotopic (exact) mass is 362 g/mol. The van der Waals surface area contributed by atoms with Crippen LogP contribution in [0.1, 0.15) is 5.56 Å². The summed E-state index contributed by atoms with van der Waals surface area (Å²) in [6, 6.07) is 5.68. The molecule has 1 N–H and O–H groups in total. The van der Waals surface area contributed by atoms with Gasteiger partial charge in [-0.05, 0) is 17.7 Å². The fourth-order valence-corrected chi connectivity index (χ4v) is 3.47. The number of aromatic amines is 1. The average molecular weight is 363 g/mol. The Kier molecular flexibility index (Phi) is 4.26. The molecule has 1 fully saturated rings. The third-order valence-electron chi connectivity index (χ3n) is 4.28. The molecule has 0 atom stereocenters. The van der Waals surface area contributed by atoms with Crippen LogP contribution in [0.15, 0.2) is 30.9 Å². The van der Waals surface area contributed by atoms with Gasteiger partial charge >= 0.3 is 0 Å². The molecule has 0 amide bonds. The highest BCUT2D eigenvalue weighted by molar-refractivity contribution is 6.35. The summed E-state index contributed by atoms with van der Waals surface area (Å²) in [5.41, 5.74) is 2.70. The molecule has 1 aliphatic rings. The normalized spacial score (nSPS) is 16.0. The highest BCUT2D eigenvalue weighted by Crippen LogP contribution is 2.24. The Bertz CT molecular complexity index is 857. The van der Waals surface area contributed by atoms with Gasteiger partial charge in [0.15, 0.2) is 11.5 Å². The van der Waals surface area contributed by atoms with Gasteiger partial charge in [0.05, 0.1) is 6.33 Å². The molecule has 24 heavy (non-hydrogen) atoms. The zero-order chi connectivity index (χ0) is 16.5. The van der Waals surface area contributed by atoms with E-state index in [2.05, 4.69) is 29.7 Å². The van der Waals surface area contributed by atoms with Crippen LogP contribution in [0, 0.1) is 0 Å². The molecule has 0 unspecified atom stereocenters.